The van der Waals surface area contributed by atoms with Gasteiger partial charge in [0.1, 0.15) is 16.5 Å². The minimum Gasteiger partial charge on any atom is -0.351 e. The summed E-state index contributed by atoms with van der Waals surface area (Å²) in [5.41, 5.74) is 0.996. The molecule has 4 heterocycles. The van der Waals surface area contributed by atoms with Crippen molar-refractivity contribution in [3.8, 4) is 0 Å². The number of hydrogen-bond acceptors (Lipinski definition) is 6. The second kappa shape index (κ2) is 8.95. The average molecular weight is 411 g/mol. The van der Waals surface area contributed by atoms with Gasteiger partial charge in [-0.15, -0.1) is 21.5 Å². The molecule has 1 aliphatic rings. The van der Waals surface area contributed by atoms with Crippen molar-refractivity contribution in [3.63, 3.8) is 0 Å². The van der Waals surface area contributed by atoms with Crippen LogP contribution in [0.2, 0.25) is 0 Å². The number of anilines is 1. The molecule has 0 saturated heterocycles. The molecular weight excluding hydrogens is 388 g/mol. The Balaban J connectivity index is 1.35. The van der Waals surface area contributed by atoms with E-state index in [-0.39, 0.29) is 11.8 Å². The summed E-state index contributed by atoms with van der Waals surface area (Å²) in [6.07, 6.45) is 8.22. The van der Waals surface area contributed by atoms with Crippen molar-refractivity contribution in [1.29, 1.82) is 0 Å². The summed E-state index contributed by atoms with van der Waals surface area (Å²) < 4.78 is 2.19. The molecule has 9 heteroatoms. The predicted octanol–water partition coefficient (Wildman–Crippen LogP) is 2.69. The summed E-state index contributed by atoms with van der Waals surface area (Å²) in [6, 6.07) is 4.99. The monoisotopic (exact) mass is 410 g/mol. The Bertz CT molecular complexity index is 998. The lowest BCUT2D eigenvalue weighted by Gasteiger charge is -2.09. The molecule has 150 valence electrons. The van der Waals surface area contributed by atoms with E-state index in [0.29, 0.717) is 29.1 Å². The Hall–Kier alpha value is -3.07. The summed E-state index contributed by atoms with van der Waals surface area (Å²) >= 11 is 1.30. The summed E-state index contributed by atoms with van der Waals surface area (Å²) in [7, 11) is 0. The summed E-state index contributed by atoms with van der Waals surface area (Å²) in [4.78, 5) is 29.3. The second-order valence-electron chi connectivity index (χ2n) is 6.85. The van der Waals surface area contributed by atoms with Crippen LogP contribution < -0.4 is 10.6 Å². The Morgan fingerprint density at radius 2 is 1.93 bits per heavy atom. The molecule has 0 spiro atoms. The maximum Gasteiger partial charge on any atom is 0.263 e. The number of pyridine rings is 1. The Kier molecular flexibility index (Phi) is 5.95. The van der Waals surface area contributed by atoms with Gasteiger partial charge >= 0.3 is 0 Å². The van der Waals surface area contributed by atoms with E-state index >= 15 is 0 Å². The molecule has 0 fully saturated rings. The normalized spacial score (nSPS) is 13.4. The number of amides is 2. The third-order valence-electron chi connectivity index (χ3n) is 4.88. The smallest absolute Gasteiger partial charge is 0.263 e. The maximum atomic E-state index is 12.6. The number of nitrogens with one attached hydrogen (secondary N) is 2. The fourth-order valence-electron chi connectivity index (χ4n) is 3.38. The molecule has 8 nitrogen and oxygen atoms in total. The van der Waals surface area contributed by atoms with E-state index in [1.165, 1.54) is 17.8 Å². The van der Waals surface area contributed by atoms with Crippen LogP contribution >= 0.6 is 11.3 Å². The largest absolute Gasteiger partial charge is 0.351 e. The van der Waals surface area contributed by atoms with Crippen LogP contribution in [0, 0.1) is 0 Å². The number of carbonyl (C=O) groups is 2. The lowest BCUT2D eigenvalue weighted by atomic mass is 10.2. The number of hydrogen-bond donors (Lipinski definition) is 2. The van der Waals surface area contributed by atoms with Crippen LogP contribution in [-0.4, -0.2) is 38.1 Å². The first kappa shape index (κ1) is 19.3. The van der Waals surface area contributed by atoms with Crippen LogP contribution in [0.4, 0.5) is 5.69 Å². The first-order valence-electron chi connectivity index (χ1n) is 9.70. The van der Waals surface area contributed by atoms with Crippen LogP contribution in [0.25, 0.3) is 0 Å². The van der Waals surface area contributed by atoms with E-state index in [9.17, 15) is 9.59 Å². The average Bonchev–Trinajstić information content (AvgIpc) is 3.28. The molecule has 3 aromatic rings. The van der Waals surface area contributed by atoms with Gasteiger partial charge < -0.3 is 15.2 Å². The fourth-order valence-corrected chi connectivity index (χ4v) is 4.15. The van der Waals surface area contributed by atoms with Crippen molar-refractivity contribution < 1.29 is 9.59 Å². The van der Waals surface area contributed by atoms with Crippen molar-refractivity contribution in [3.05, 3.63) is 58.1 Å². The van der Waals surface area contributed by atoms with Crippen molar-refractivity contribution in [1.82, 2.24) is 25.1 Å². The number of fused-ring (bicyclic) bond motifs is 1. The first-order valence-corrected chi connectivity index (χ1v) is 10.6. The van der Waals surface area contributed by atoms with Crippen molar-refractivity contribution in [2.75, 3.05) is 11.9 Å². The van der Waals surface area contributed by atoms with Gasteiger partial charge in [-0.05, 0) is 36.4 Å². The Morgan fingerprint density at radius 3 is 2.79 bits per heavy atom. The minimum absolute atomic E-state index is 0.208. The maximum absolute atomic E-state index is 12.6. The number of carbonyl (C=O) groups excluding carboxylic acids is 2. The molecule has 29 heavy (non-hydrogen) atoms. The molecule has 4 rings (SSSR count). The van der Waals surface area contributed by atoms with Gasteiger partial charge in [0.25, 0.3) is 11.8 Å². The van der Waals surface area contributed by atoms with Crippen LogP contribution in [0.3, 0.4) is 0 Å². The molecule has 0 radical (unpaired) electrons. The number of rotatable bonds is 6. The third kappa shape index (κ3) is 4.51. The fraction of sp³-hybridized carbons (Fsp3) is 0.350. The SMILES string of the molecule is O=C(Nc1ccsc1C(=O)NCCc1nnc2n1CCCCC2)c1ccncc1. The van der Waals surface area contributed by atoms with Crippen molar-refractivity contribution in [2.45, 2.75) is 38.6 Å². The molecule has 3 aromatic heterocycles. The van der Waals surface area contributed by atoms with Gasteiger partial charge in [-0.1, -0.05) is 6.42 Å². The van der Waals surface area contributed by atoms with E-state index in [2.05, 4.69) is 30.4 Å². The predicted molar refractivity (Wildman–Crippen MR) is 110 cm³/mol. The van der Waals surface area contributed by atoms with Gasteiger partial charge in [0.15, 0.2) is 0 Å². The molecule has 0 bridgehead atoms. The zero-order chi connectivity index (χ0) is 20.1. The lowest BCUT2D eigenvalue weighted by molar-refractivity contribution is 0.0958. The molecule has 0 atom stereocenters. The van der Waals surface area contributed by atoms with Crippen LogP contribution in [0.1, 0.15) is 50.9 Å². The highest BCUT2D eigenvalue weighted by Gasteiger charge is 2.17. The number of nitrogens with zero attached hydrogens (tertiary/aromatic N) is 4. The van der Waals surface area contributed by atoms with Crippen LogP contribution in [0.5, 0.6) is 0 Å². The summed E-state index contributed by atoms with van der Waals surface area (Å²) in [5, 5.41) is 16.1. The molecule has 0 aromatic carbocycles. The lowest BCUT2D eigenvalue weighted by Crippen LogP contribution is -2.27. The molecule has 2 N–H and O–H groups in total. The Morgan fingerprint density at radius 1 is 1.07 bits per heavy atom. The number of thiophene rings is 1. The molecule has 1 aliphatic heterocycles. The van der Waals surface area contributed by atoms with Crippen LogP contribution in [-0.2, 0) is 19.4 Å². The summed E-state index contributed by atoms with van der Waals surface area (Å²) in [6.45, 7) is 1.41. The molecular formula is C20H22N6O2S. The zero-order valence-electron chi connectivity index (χ0n) is 15.9. The van der Waals surface area contributed by atoms with E-state index < -0.39 is 0 Å². The molecule has 0 aliphatic carbocycles. The highest BCUT2D eigenvalue weighted by Crippen LogP contribution is 2.23. The van der Waals surface area contributed by atoms with Crippen molar-refractivity contribution in [2.24, 2.45) is 0 Å². The standard InChI is InChI=1S/C20H22N6O2S/c27-19(14-5-9-21-10-6-14)23-15-8-13-29-18(15)20(28)22-11-7-17-25-24-16-4-2-1-3-12-26(16)17/h5-6,8-10,13H,1-4,7,11-12H2,(H,22,28)(H,23,27). The number of aryl methyl sites for hydroxylation is 1. The minimum atomic E-state index is -0.272. The molecule has 2 amide bonds. The van der Waals surface area contributed by atoms with Gasteiger partial charge in [0, 0.05) is 43.9 Å². The topological polar surface area (TPSA) is 102 Å². The number of aromatic nitrogens is 4. The molecule has 0 saturated carbocycles. The zero-order valence-corrected chi connectivity index (χ0v) is 16.7. The van der Waals surface area contributed by atoms with Gasteiger partial charge in [-0.3, -0.25) is 14.6 Å². The third-order valence-corrected chi connectivity index (χ3v) is 5.80. The van der Waals surface area contributed by atoms with E-state index in [1.807, 2.05) is 0 Å². The molecule has 0 unspecified atom stereocenters. The van der Waals surface area contributed by atoms with E-state index in [0.717, 1.165) is 37.5 Å². The quantitative estimate of drug-likeness (QED) is 0.651. The second-order valence-corrected chi connectivity index (χ2v) is 7.77. The van der Waals surface area contributed by atoms with E-state index in [1.54, 1.807) is 36.0 Å². The summed E-state index contributed by atoms with van der Waals surface area (Å²) in [5.74, 6) is 1.48. The van der Waals surface area contributed by atoms with Gasteiger partial charge in [0.2, 0.25) is 0 Å². The van der Waals surface area contributed by atoms with Gasteiger partial charge in [0.05, 0.1) is 5.69 Å². The van der Waals surface area contributed by atoms with Gasteiger partial charge in [-0.2, -0.15) is 0 Å². The van der Waals surface area contributed by atoms with Crippen LogP contribution in [0.15, 0.2) is 36.0 Å². The highest BCUT2D eigenvalue weighted by molar-refractivity contribution is 7.12. The highest BCUT2D eigenvalue weighted by atomic mass is 32.1. The van der Waals surface area contributed by atoms with Gasteiger partial charge in [-0.25, -0.2) is 0 Å². The van der Waals surface area contributed by atoms with E-state index in [4.69, 9.17) is 0 Å². The Labute approximate surface area is 172 Å². The van der Waals surface area contributed by atoms with Crippen molar-refractivity contribution >= 4 is 28.8 Å². The first-order chi connectivity index (χ1) is 14.2.